The molecule has 0 heterocycles. The number of carbonyl (C=O) groups excluding carboxylic acids is 1. The minimum Gasteiger partial charge on any atom is -0.340 e. The summed E-state index contributed by atoms with van der Waals surface area (Å²) in [5.41, 5.74) is -1.17. The summed E-state index contributed by atoms with van der Waals surface area (Å²) in [6, 6.07) is 0. The van der Waals surface area contributed by atoms with Crippen molar-refractivity contribution in [2.45, 2.75) is 43.2 Å². The lowest BCUT2D eigenvalue weighted by Gasteiger charge is -2.29. The molecule has 0 aliphatic heterocycles. The molecule has 1 rings (SSSR count). The topological polar surface area (TPSA) is 55.1 Å². The molecule has 0 aromatic carbocycles. The highest BCUT2D eigenvalue weighted by atomic mass is 19.4. The first-order valence-electron chi connectivity index (χ1n) is 4.58. The Hall–Kier alpha value is -0.990. The second-order valence-corrected chi connectivity index (χ2v) is 4.23. The van der Waals surface area contributed by atoms with Crippen molar-refractivity contribution >= 4 is 5.91 Å². The van der Waals surface area contributed by atoms with Gasteiger partial charge in [-0.2, -0.15) is 26.3 Å². The van der Waals surface area contributed by atoms with Gasteiger partial charge in [-0.15, -0.1) is 0 Å². The van der Waals surface area contributed by atoms with Gasteiger partial charge in [0.1, 0.15) is 5.54 Å². The predicted molar refractivity (Wildman–Crippen MR) is 44.8 cm³/mol. The molecule has 9 heteroatoms. The Labute approximate surface area is 92.3 Å². The minimum atomic E-state index is -5.11. The number of halogens is 6. The van der Waals surface area contributed by atoms with Gasteiger partial charge in [-0.3, -0.25) is 4.79 Å². The van der Waals surface area contributed by atoms with Gasteiger partial charge in [0.25, 0.3) is 0 Å². The zero-order valence-corrected chi connectivity index (χ0v) is 8.67. The van der Waals surface area contributed by atoms with E-state index >= 15 is 0 Å². The third kappa shape index (κ3) is 2.33. The maximum Gasteiger partial charge on any atom is 0.415 e. The first-order valence-corrected chi connectivity index (χ1v) is 4.58. The number of nitrogens with two attached hydrogens (primary N) is 1. The molecule has 17 heavy (non-hydrogen) atoms. The smallest absolute Gasteiger partial charge is 0.340 e. The van der Waals surface area contributed by atoms with Crippen LogP contribution in [0, 0.1) is 0 Å². The summed E-state index contributed by atoms with van der Waals surface area (Å²) in [5, 5.41) is 1.35. The molecule has 3 nitrogen and oxygen atoms in total. The van der Waals surface area contributed by atoms with Crippen LogP contribution in [0.25, 0.3) is 0 Å². The molecule has 0 bridgehead atoms. The van der Waals surface area contributed by atoms with Crippen LogP contribution in [0.15, 0.2) is 0 Å². The van der Waals surface area contributed by atoms with E-state index in [1.54, 1.807) is 0 Å². The highest BCUT2D eigenvalue weighted by molar-refractivity contribution is 5.87. The van der Waals surface area contributed by atoms with Crippen LogP contribution >= 0.6 is 0 Å². The van der Waals surface area contributed by atoms with Gasteiger partial charge in [0.05, 0.1) is 0 Å². The molecule has 1 saturated carbocycles. The first-order chi connectivity index (χ1) is 7.33. The molecule has 1 amide bonds. The molecule has 1 aliphatic rings. The van der Waals surface area contributed by atoms with Gasteiger partial charge in [0.2, 0.25) is 5.91 Å². The molecule has 1 unspecified atom stereocenters. The molecule has 0 spiro atoms. The highest BCUT2D eigenvalue weighted by Gasteiger charge is 2.66. The summed E-state index contributed by atoms with van der Waals surface area (Å²) in [7, 11) is 0. The monoisotopic (exact) mass is 264 g/mol. The summed E-state index contributed by atoms with van der Waals surface area (Å²) in [6.07, 6.45) is -10.8. The Kier molecular flexibility index (Phi) is 2.90. The zero-order valence-electron chi connectivity index (χ0n) is 8.67. The third-order valence-corrected chi connectivity index (χ3v) is 2.71. The standard InChI is InChI=1S/C8H10F6N2O/c1-5(15,7(9,10)11)4(17)16-6(2-3-6)8(12,13)14/h2-3,15H2,1H3,(H,16,17). The van der Waals surface area contributed by atoms with Crippen LogP contribution < -0.4 is 11.1 Å². The van der Waals surface area contributed by atoms with E-state index < -0.39 is 42.2 Å². The molecule has 3 N–H and O–H groups in total. The van der Waals surface area contributed by atoms with Gasteiger partial charge >= 0.3 is 12.4 Å². The van der Waals surface area contributed by atoms with E-state index in [1.165, 1.54) is 5.32 Å². The average Bonchev–Trinajstić information content (AvgIpc) is 2.81. The fraction of sp³-hybridized carbons (Fsp3) is 0.875. The zero-order chi connectivity index (χ0) is 13.7. The van der Waals surface area contributed by atoms with Gasteiger partial charge in [-0.05, 0) is 19.8 Å². The largest absolute Gasteiger partial charge is 0.415 e. The van der Waals surface area contributed by atoms with Crippen molar-refractivity contribution in [2.75, 3.05) is 0 Å². The molecule has 0 aromatic rings. The molecular formula is C8H10F6N2O. The van der Waals surface area contributed by atoms with Gasteiger partial charge in [-0.1, -0.05) is 0 Å². The van der Waals surface area contributed by atoms with E-state index in [0.717, 1.165) is 0 Å². The normalized spacial score (nSPS) is 22.8. The van der Waals surface area contributed by atoms with E-state index in [9.17, 15) is 31.1 Å². The second kappa shape index (κ2) is 3.50. The maximum absolute atomic E-state index is 12.4. The molecule has 100 valence electrons. The third-order valence-electron chi connectivity index (χ3n) is 2.71. The van der Waals surface area contributed by atoms with E-state index in [-0.39, 0.29) is 0 Å². The van der Waals surface area contributed by atoms with Crippen LogP contribution in [-0.4, -0.2) is 29.3 Å². The molecule has 1 fully saturated rings. The van der Waals surface area contributed by atoms with Crippen molar-refractivity contribution in [3.05, 3.63) is 0 Å². The Bertz CT molecular complexity index is 328. The lowest BCUT2D eigenvalue weighted by Crippen LogP contribution is -2.64. The van der Waals surface area contributed by atoms with Gasteiger partial charge in [0, 0.05) is 0 Å². The molecule has 0 saturated heterocycles. The van der Waals surface area contributed by atoms with Gasteiger partial charge in [0.15, 0.2) is 5.54 Å². The van der Waals surface area contributed by atoms with E-state index in [2.05, 4.69) is 0 Å². The van der Waals surface area contributed by atoms with Crippen LogP contribution in [-0.2, 0) is 4.79 Å². The Morgan fingerprint density at radius 2 is 1.59 bits per heavy atom. The number of hydrogen-bond donors (Lipinski definition) is 2. The van der Waals surface area contributed by atoms with Crippen molar-refractivity contribution in [3.63, 3.8) is 0 Å². The van der Waals surface area contributed by atoms with Crippen molar-refractivity contribution in [1.29, 1.82) is 0 Å². The fourth-order valence-corrected chi connectivity index (χ4v) is 1.08. The summed E-state index contributed by atoms with van der Waals surface area (Å²) in [5.74, 6) is -1.88. The number of rotatable bonds is 2. The predicted octanol–water partition coefficient (Wildman–Crippen LogP) is 1.48. The number of nitrogens with one attached hydrogen (secondary N) is 1. The van der Waals surface area contributed by atoms with Crippen LogP contribution in [0.3, 0.4) is 0 Å². The summed E-state index contributed by atoms with van der Waals surface area (Å²) >= 11 is 0. The summed E-state index contributed by atoms with van der Waals surface area (Å²) < 4.78 is 74.1. The lowest BCUT2D eigenvalue weighted by atomic mass is 10.0. The average molecular weight is 264 g/mol. The van der Waals surface area contributed by atoms with Crippen LogP contribution in [0.1, 0.15) is 19.8 Å². The quantitative estimate of drug-likeness (QED) is 0.742. The Balaban J connectivity index is 2.82. The fourth-order valence-electron chi connectivity index (χ4n) is 1.08. The second-order valence-electron chi connectivity index (χ2n) is 4.23. The Morgan fingerprint density at radius 3 is 1.82 bits per heavy atom. The first kappa shape index (κ1) is 14.1. The Morgan fingerprint density at radius 1 is 1.18 bits per heavy atom. The molecule has 0 aromatic heterocycles. The van der Waals surface area contributed by atoms with Crippen molar-refractivity contribution in [3.8, 4) is 0 Å². The van der Waals surface area contributed by atoms with Gasteiger partial charge < -0.3 is 11.1 Å². The number of amides is 1. The summed E-state index contributed by atoms with van der Waals surface area (Å²) in [6.45, 7) is 0.328. The molecule has 1 atom stereocenters. The molecule has 0 radical (unpaired) electrons. The minimum absolute atomic E-state index is 0.328. The van der Waals surface area contributed by atoms with E-state index in [0.29, 0.717) is 6.92 Å². The highest BCUT2D eigenvalue weighted by Crippen LogP contribution is 2.49. The number of carbonyl (C=O) groups is 1. The van der Waals surface area contributed by atoms with Crippen molar-refractivity contribution < 1.29 is 31.1 Å². The van der Waals surface area contributed by atoms with Crippen LogP contribution in [0.2, 0.25) is 0 Å². The van der Waals surface area contributed by atoms with E-state index in [1.807, 2.05) is 0 Å². The van der Waals surface area contributed by atoms with Crippen molar-refractivity contribution in [1.82, 2.24) is 5.32 Å². The van der Waals surface area contributed by atoms with E-state index in [4.69, 9.17) is 5.73 Å². The SMILES string of the molecule is CC(N)(C(=O)NC1(C(F)(F)F)CC1)C(F)(F)F. The lowest BCUT2D eigenvalue weighted by molar-refractivity contribution is -0.196. The maximum atomic E-state index is 12.4. The number of alkyl halides is 6. The van der Waals surface area contributed by atoms with Crippen molar-refractivity contribution in [2.24, 2.45) is 5.73 Å². The molecule has 1 aliphatic carbocycles. The van der Waals surface area contributed by atoms with Crippen LogP contribution in [0.5, 0.6) is 0 Å². The van der Waals surface area contributed by atoms with Gasteiger partial charge in [-0.25, -0.2) is 0 Å². The summed E-state index contributed by atoms with van der Waals surface area (Å²) in [4.78, 5) is 11.2. The number of hydrogen-bond acceptors (Lipinski definition) is 2. The van der Waals surface area contributed by atoms with Crippen LogP contribution in [0.4, 0.5) is 26.3 Å². The molecular weight excluding hydrogens is 254 g/mol.